The first-order valence-corrected chi connectivity index (χ1v) is 7.20. The maximum Gasteiger partial charge on any atom is 0.165 e. The number of aryl methyl sites for hydroxylation is 2. The highest BCUT2D eigenvalue weighted by atomic mass is 19.1. The molecule has 0 heterocycles. The Bertz CT molecular complexity index is 604. The third-order valence-electron chi connectivity index (χ3n) is 3.49. The lowest BCUT2D eigenvalue weighted by atomic mass is 9.95. The van der Waals surface area contributed by atoms with Gasteiger partial charge in [-0.1, -0.05) is 42.3 Å². The van der Waals surface area contributed by atoms with Gasteiger partial charge in [0.2, 0.25) is 0 Å². The highest BCUT2D eigenvalue weighted by Crippen LogP contribution is 2.27. The molecule has 0 aliphatic rings. The van der Waals surface area contributed by atoms with Gasteiger partial charge in [-0.05, 0) is 43.7 Å². The summed E-state index contributed by atoms with van der Waals surface area (Å²) in [7, 11) is 1.48. The lowest BCUT2D eigenvalue weighted by Crippen LogP contribution is -2.22. The van der Waals surface area contributed by atoms with Crippen LogP contribution in [0.5, 0.6) is 5.75 Å². The van der Waals surface area contributed by atoms with Crippen molar-refractivity contribution < 1.29 is 9.13 Å². The molecule has 2 aromatic carbocycles. The van der Waals surface area contributed by atoms with E-state index in [-0.39, 0.29) is 17.6 Å². The van der Waals surface area contributed by atoms with Gasteiger partial charge in [0.05, 0.1) is 13.2 Å². The molecule has 0 aromatic heterocycles. The second kappa shape index (κ2) is 6.72. The minimum atomic E-state index is -0.331. The summed E-state index contributed by atoms with van der Waals surface area (Å²) in [5, 5.41) is 3.43. The summed E-state index contributed by atoms with van der Waals surface area (Å²) in [5.41, 5.74) is 4.47. The smallest absolute Gasteiger partial charge is 0.165 e. The number of halogens is 1. The molecule has 1 N–H and O–H groups in total. The Labute approximate surface area is 126 Å². The van der Waals surface area contributed by atoms with Crippen LogP contribution in [0.15, 0.2) is 36.4 Å². The van der Waals surface area contributed by atoms with Gasteiger partial charge in [-0.2, -0.15) is 0 Å². The fourth-order valence-electron chi connectivity index (χ4n) is 2.67. The standard InChI is InChI=1S/C18H22FNO/c1-5-20-18(15-9-12(2)8-13(3)10-15)14-6-7-17(21-4)16(19)11-14/h6-11,18,20H,5H2,1-4H3. The predicted octanol–water partition coefficient (Wildman–Crippen LogP) is 4.15. The third kappa shape index (κ3) is 3.61. The van der Waals surface area contributed by atoms with Crippen LogP contribution in [0.2, 0.25) is 0 Å². The Morgan fingerprint density at radius 3 is 2.24 bits per heavy atom. The monoisotopic (exact) mass is 287 g/mol. The molecule has 2 rings (SSSR count). The first-order chi connectivity index (χ1) is 10.0. The van der Waals surface area contributed by atoms with E-state index in [4.69, 9.17) is 4.74 Å². The van der Waals surface area contributed by atoms with Gasteiger partial charge in [-0.3, -0.25) is 0 Å². The Kier molecular flexibility index (Phi) is 4.97. The summed E-state index contributed by atoms with van der Waals surface area (Å²) in [4.78, 5) is 0. The molecule has 0 saturated heterocycles. The highest BCUT2D eigenvalue weighted by molar-refractivity contribution is 5.39. The molecule has 2 aromatic rings. The molecule has 112 valence electrons. The zero-order valence-electron chi connectivity index (χ0n) is 13.0. The molecule has 1 unspecified atom stereocenters. The molecular formula is C18H22FNO. The second-order valence-corrected chi connectivity index (χ2v) is 5.31. The Morgan fingerprint density at radius 1 is 1.05 bits per heavy atom. The molecule has 3 heteroatoms. The van der Waals surface area contributed by atoms with Crippen molar-refractivity contribution in [3.8, 4) is 5.75 Å². The van der Waals surface area contributed by atoms with Crippen LogP contribution in [0.25, 0.3) is 0 Å². The number of nitrogens with one attached hydrogen (secondary N) is 1. The summed E-state index contributed by atoms with van der Waals surface area (Å²) in [6, 6.07) is 11.5. The van der Waals surface area contributed by atoms with Gasteiger partial charge in [-0.25, -0.2) is 4.39 Å². The average molecular weight is 287 g/mol. The molecular weight excluding hydrogens is 265 g/mol. The van der Waals surface area contributed by atoms with Crippen molar-refractivity contribution in [3.63, 3.8) is 0 Å². The van der Waals surface area contributed by atoms with Crippen LogP contribution in [0.3, 0.4) is 0 Å². The molecule has 0 fully saturated rings. The number of benzene rings is 2. The first-order valence-electron chi connectivity index (χ1n) is 7.20. The van der Waals surface area contributed by atoms with Crippen LogP contribution in [0.1, 0.15) is 35.2 Å². The predicted molar refractivity (Wildman–Crippen MR) is 84.4 cm³/mol. The van der Waals surface area contributed by atoms with Gasteiger partial charge in [0.15, 0.2) is 11.6 Å². The van der Waals surface area contributed by atoms with E-state index in [9.17, 15) is 4.39 Å². The maximum absolute atomic E-state index is 14.0. The fourth-order valence-corrected chi connectivity index (χ4v) is 2.67. The van der Waals surface area contributed by atoms with Crippen LogP contribution in [-0.4, -0.2) is 13.7 Å². The number of rotatable bonds is 5. The Hall–Kier alpha value is -1.87. The number of hydrogen-bond donors (Lipinski definition) is 1. The lowest BCUT2D eigenvalue weighted by molar-refractivity contribution is 0.385. The van der Waals surface area contributed by atoms with Gasteiger partial charge in [0.1, 0.15) is 0 Å². The van der Waals surface area contributed by atoms with E-state index in [2.05, 4.69) is 44.3 Å². The van der Waals surface area contributed by atoms with E-state index in [1.54, 1.807) is 12.1 Å². The van der Waals surface area contributed by atoms with Crippen LogP contribution >= 0.6 is 0 Å². The molecule has 0 amide bonds. The van der Waals surface area contributed by atoms with Crippen LogP contribution in [0, 0.1) is 19.7 Å². The zero-order chi connectivity index (χ0) is 15.4. The molecule has 21 heavy (non-hydrogen) atoms. The summed E-state index contributed by atoms with van der Waals surface area (Å²) in [6.07, 6.45) is 0. The van der Waals surface area contributed by atoms with Gasteiger partial charge >= 0.3 is 0 Å². The first kappa shape index (κ1) is 15.5. The summed E-state index contributed by atoms with van der Waals surface area (Å²) in [5.74, 6) is -0.0586. The topological polar surface area (TPSA) is 21.3 Å². The van der Waals surface area contributed by atoms with E-state index in [1.165, 1.54) is 18.2 Å². The molecule has 0 aliphatic heterocycles. The SMILES string of the molecule is CCNC(c1cc(C)cc(C)c1)c1ccc(OC)c(F)c1. The molecule has 0 radical (unpaired) electrons. The van der Waals surface area contributed by atoms with Crippen LogP contribution < -0.4 is 10.1 Å². The van der Waals surface area contributed by atoms with Crippen LogP contribution in [-0.2, 0) is 0 Å². The number of hydrogen-bond acceptors (Lipinski definition) is 2. The summed E-state index contributed by atoms with van der Waals surface area (Å²) in [6.45, 7) is 7.02. The van der Waals surface area contributed by atoms with Gasteiger partial charge in [0, 0.05) is 0 Å². The van der Waals surface area contributed by atoms with E-state index in [1.807, 2.05) is 6.07 Å². The third-order valence-corrected chi connectivity index (χ3v) is 3.49. The Morgan fingerprint density at radius 2 is 1.71 bits per heavy atom. The number of methoxy groups -OCH3 is 1. The van der Waals surface area contributed by atoms with E-state index in [0.717, 1.165) is 17.7 Å². The molecule has 2 nitrogen and oxygen atoms in total. The summed E-state index contributed by atoms with van der Waals surface area (Å²) >= 11 is 0. The minimum absolute atomic E-state index is 0.0194. The summed E-state index contributed by atoms with van der Waals surface area (Å²) < 4.78 is 19.0. The van der Waals surface area contributed by atoms with E-state index in [0.29, 0.717) is 0 Å². The molecule has 0 bridgehead atoms. The highest BCUT2D eigenvalue weighted by Gasteiger charge is 2.16. The van der Waals surface area contributed by atoms with Crippen molar-refractivity contribution in [1.29, 1.82) is 0 Å². The lowest BCUT2D eigenvalue weighted by Gasteiger charge is -2.20. The van der Waals surface area contributed by atoms with Crippen molar-refractivity contribution in [1.82, 2.24) is 5.32 Å². The maximum atomic E-state index is 14.0. The van der Waals surface area contributed by atoms with Crippen LogP contribution in [0.4, 0.5) is 4.39 Å². The molecule has 0 aliphatic carbocycles. The van der Waals surface area contributed by atoms with Gasteiger partial charge < -0.3 is 10.1 Å². The van der Waals surface area contributed by atoms with Crippen molar-refractivity contribution in [2.75, 3.05) is 13.7 Å². The van der Waals surface area contributed by atoms with Crippen molar-refractivity contribution in [2.45, 2.75) is 26.8 Å². The average Bonchev–Trinajstić information content (AvgIpc) is 2.43. The molecule has 1 atom stereocenters. The van der Waals surface area contributed by atoms with Crippen molar-refractivity contribution in [3.05, 3.63) is 64.5 Å². The Balaban J connectivity index is 2.45. The normalized spacial score (nSPS) is 12.2. The zero-order valence-corrected chi connectivity index (χ0v) is 13.0. The largest absolute Gasteiger partial charge is 0.494 e. The molecule has 0 spiro atoms. The minimum Gasteiger partial charge on any atom is -0.494 e. The number of ether oxygens (including phenoxy) is 1. The van der Waals surface area contributed by atoms with E-state index >= 15 is 0 Å². The van der Waals surface area contributed by atoms with Gasteiger partial charge in [0.25, 0.3) is 0 Å². The van der Waals surface area contributed by atoms with Crippen molar-refractivity contribution in [2.24, 2.45) is 0 Å². The van der Waals surface area contributed by atoms with Gasteiger partial charge in [-0.15, -0.1) is 0 Å². The van der Waals surface area contributed by atoms with E-state index < -0.39 is 0 Å². The fraction of sp³-hybridized carbons (Fsp3) is 0.333. The van der Waals surface area contributed by atoms with Crippen molar-refractivity contribution >= 4 is 0 Å². The second-order valence-electron chi connectivity index (χ2n) is 5.31. The molecule has 0 saturated carbocycles. The quantitative estimate of drug-likeness (QED) is 0.892.